The van der Waals surface area contributed by atoms with Gasteiger partial charge in [0.2, 0.25) is 0 Å². The van der Waals surface area contributed by atoms with Crippen molar-refractivity contribution in [3.05, 3.63) is 23.8 Å². The van der Waals surface area contributed by atoms with E-state index >= 15 is 0 Å². The highest BCUT2D eigenvalue weighted by atomic mass is 16.3. The van der Waals surface area contributed by atoms with Gasteiger partial charge in [-0.15, -0.1) is 0 Å². The minimum atomic E-state index is -0.150. The molecule has 0 aliphatic carbocycles. The molecule has 6 nitrogen and oxygen atoms in total. The molecule has 1 aromatic carbocycles. The number of benzene rings is 1. The van der Waals surface area contributed by atoms with E-state index in [4.69, 9.17) is 5.11 Å². The quantitative estimate of drug-likeness (QED) is 0.794. The zero-order valence-corrected chi connectivity index (χ0v) is 15.8. The van der Waals surface area contributed by atoms with Crippen LogP contribution in [0.1, 0.15) is 25.8 Å². The van der Waals surface area contributed by atoms with Crippen LogP contribution in [0, 0.1) is 6.92 Å². The van der Waals surface area contributed by atoms with Crippen LogP contribution < -0.4 is 10.2 Å². The van der Waals surface area contributed by atoms with Crippen molar-refractivity contribution in [1.29, 1.82) is 0 Å². The molecule has 2 amide bonds. The largest absolute Gasteiger partial charge is 0.395 e. The van der Waals surface area contributed by atoms with E-state index in [0.29, 0.717) is 13.1 Å². The molecule has 0 radical (unpaired) electrons. The molecule has 0 aromatic heterocycles. The Bertz CT molecular complexity index is 550. The van der Waals surface area contributed by atoms with Gasteiger partial charge in [-0.1, -0.05) is 13.8 Å². The molecule has 0 saturated carbocycles. The molecule has 1 heterocycles. The topological polar surface area (TPSA) is 59.1 Å². The summed E-state index contributed by atoms with van der Waals surface area (Å²) < 4.78 is 0. The molecule has 0 spiro atoms. The predicted octanol–water partition coefficient (Wildman–Crippen LogP) is 2.37. The van der Waals surface area contributed by atoms with Gasteiger partial charge in [-0.05, 0) is 43.7 Å². The summed E-state index contributed by atoms with van der Waals surface area (Å²) in [6.45, 7) is 12.6. The van der Waals surface area contributed by atoms with E-state index < -0.39 is 0 Å². The second kappa shape index (κ2) is 9.63. The summed E-state index contributed by atoms with van der Waals surface area (Å²) in [6, 6.07) is 6.06. The van der Waals surface area contributed by atoms with Gasteiger partial charge >= 0.3 is 6.03 Å². The minimum absolute atomic E-state index is 0.0188. The maximum absolute atomic E-state index is 12.4. The number of aliphatic hydroxyl groups is 1. The molecule has 1 aliphatic heterocycles. The van der Waals surface area contributed by atoms with Crippen LogP contribution in [0.25, 0.3) is 0 Å². The number of hydrogen-bond acceptors (Lipinski definition) is 4. The van der Waals surface area contributed by atoms with Crippen molar-refractivity contribution in [2.75, 3.05) is 62.6 Å². The molecule has 2 rings (SSSR count). The zero-order valence-electron chi connectivity index (χ0n) is 15.8. The van der Waals surface area contributed by atoms with E-state index in [1.54, 1.807) is 4.90 Å². The first-order valence-electron chi connectivity index (χ1n) is 9.33. The van der Waals surface area contributed by atoms with Crippen molar-refractivity contribution < 1.29 is 9.90 Å². The Kier molecular flexibility index (Phi) is 7.52. The van der Waals surface area contributed by atoms with Crippen molar-refractivity contribution in [1.82, 2.24) is 9.80 Å². The summed E-state index contributed by atoms with van der Waals surface area (Å²) in [4.78, 5) is 18.9. The smallest absolute Gasteiger partial charge is 0.321 e. The van der Waals surface area contributed by atoms with Gasteiger partial charge in [0.05, 0.1) is 6.61 Å². The first-order valence-corrected chi connectivity index (χ1v) is 9.33. The van der Waals surface area contributed by atoms with Crippen LogP contribution in [0.5, 0.6) is 0 Å². The highest BCUT2D eigenvalue weighted by Crippen LogP contribution is 2.24. The summed E-state index contributed by atoms with van der Waals surface area (Å²) in [6.07, 6.45) is 0.870. The zero-order chi connectivity index (χ0) is 18.2. The molecule has 6 heteroatoms. The SMILES string of the molecule is CCCN(CCO)C(=O)Nc1ccc(N2CCN(CC)CC2)cc1C. The second-order valence-electron chi connectivity index (χ2n) is 6.56. The Morgan fingerprint density at radius 1 is 1.20 bits per heavy atom. The highest BCUT2D eigenvalue weighted by Gasteiger charge is 2.17. The molecule has 2 N–H and O–H groups in total. The van der Waals surface area contributed by atoms with E-state index in [-0.39, 0.29) is 12.6 Å². The summed E-state index contributed by atoms with van der Waals surface area (Å²) in [5.74, 6) is 0. The number of urea groups is 1. The standard InChI is InChI=1S/C19H32N4O2/c1-4-8-23(13-14-24)19(25)20-18-7-6-17(15-16(18)3)22-11-9-21(5-2)10-12-22/h6-7,15,24H,4-5,8-14H2,1-3H3,(H,20,25). The average molecular weight is 348 g/mol. The van der Waals surface area contributed by atoms with Gasteiger partial charge in [0.1, 0.15) is 0 Å². The second-order valence-corrected chi connectivity index (χ2v) is 6.56. The Hall–Kier alpha value is -1.79. The Morgan fingerprint density at radius 2 is 1.92 bits per heavy atom. The lowest BCUT2D eigenvalue weighted by Gasteiger charge is -2.35. The number of likely N-dealkylation sites (N-methyl/N-ethyl adjacent to an activating group) is 1. The third kappa shape index (κ3) is 5.34. The van der Waals surface area contributed by atoms with Gasteiger partial charge < -0.3 is 25.1 Å². The molecule has 1 saturated heterocycles. The van der Waals surface area contributed by atoms with Crippen LogP contribution >= 0.6 is 0 Å². The first kappa shape index (κ1) is 19.5. The number of nitrogens with one attached hydrogen (secondary N) is 1. The number of rotatable bonds is 7. The molecule has 0 unspecified atom stereocenters. The summed E-state index contributed by atoms with van der Waals surface area (Å²) in [7, 11) is 0. The maximum atomic E-state index is 12.4. The van der Waals surface area contributed by atoms with Crippen LogP contribution in [-0.4, -0.2) is 73.4 Å². The Morgan fingerprint density at radius 3 is 2.48 bits per heavy atom. The fourth-order valence-corrected chi connectivity index (χ4v) is 3.21. The number of carbonyl (C=O) groups is 1. The molecule has 25 heavy (non-hydrogen) atoms. The molecule has 0 bridgehead atoms. The third-order valence-corrected chi connectivity index (χ3v) is 4.79. The lowest BCUT2D eigenvalue weighted by atomic mass is 10.1. The van der Waals surface area contributed by atoms with E-state index in [2.05, 4.69) is 34.2 Å². The number of amides is 2. The van der Waals surface area contributed by atoms with Gasteiger partial charge in [-0.25, -0.2) is 4.79 Å². The number of piperazine rings is 1. The van der Waals surface area contributed by atoms with Gasteiger partial charge in [0.15, 0.2) is 0 Å². The van der Waals surface area contributed by atoms with Gasteiger partial charge in [-0.3, -0.25) is 0 Å². The van der Waals surface area contributed by atoms with Crippen molar-refractivity contribution in [3.8, 4) is 0 Å². The minimum Gasteiger partial charge on any atom is -0.395 e. The molecule has 1 fully saturated rings. The van der Waals surface area contributed by atoms with E-state index in [1.807, 2.05) is 19.9 Å². The summed E-state index contributed by atoms with van der Waals surface area (Å²) in [5, 5.41) is 12.1. The number of aryl methyl sites for hydroxylation is 1. The summed E-state index contributed by atoms with van der Waals surface area (Å²) in [5.41, 5.74) is 3.11. The maximum Gasteiger partial charge on any atom is 0.321 e. The van der Waals surface area contributed by atoms with E-state index in [1.165, 1.54) is 5.69 Å². The van der Waals surface area contributed by atoms with Crippen LogP contribution in [0.3, 0.4) is 0 Å². The number of anilines is 2. The highest BCUT2D eigenvalue weighted by molar-refractivity contribution is 5.90. The molecular formula is C19H32N4O2. The van der Waals surface area contributed by atoms with Crippen molar-refractivity contribution in [2.24, 2.45) is 0 Å². The molecule has 1 aliphatic rings. The normalized spacial score (nSPS) is 15.3. The number of hydrogen-bond donors (Lipinski definition) is 2. The van der Waals surface area contributed by atoms with Crippen LogP contribution in [0.15, 0.2) is 18.2 Å². The lowest BCUT2D eigenvalue weighted by Crippen LogP contribution is -2.46. The molecule has 140 valence electrons. The van der Waals surface area contributed by atoms with Crippen LogP contribution in [0.4, 0.5) is 16.2 Å². The lowest BCUT2D eigenvalue weighted by molar-refractivity contribution is 0.188. The van der Waals surface area contributed by atoms with Crippen molar-refractivity contribution >= 4 is 17.4 Å². The monoisotopic (exact) mass is 348 g/mol. The van der Waals surface area contributed by atoms with Crippen LogP contribution in [-0.2, 0) is 0 Å². The third-order valence-electron chi connectivity index (χ3n) is 4.79. The molecule has 0 atom stereocenters. The fraction of sp³-hybridized carbons (Fsp3) is 0.632. The molecular weight excluding hydrogens is 316 g/mol. The number of nitrogens with zero attached hydrogens (tertiary/aromatic N) is 3. The average Bonchev–Trinajstić information content (AvgIpc) is 2.63. The Labute approximate surface area is 151 Å². The van der Waals surface area contributed by atoms with Crippen LogP contribution in [0.2, 0.25) is 0 Å². The van der Waals surface area contributed by atoms with Gasteiger partial charge in [0, 0.05) is 50.6 Å². The molecule has 1 aromatic rings. The summed E-state index contributed by atoms with van der Waals surface area (Å²) >= 11 is 0. The number of carbonyl (C=O) groups excluding carboxylic acids is 1. The first-order chi connectivity index (χ1) is 12.1. The van der Waals surface area contributed by atoms with E-state index in [0.717, 1.165) is 50.4 Å². The van der Waals surface area contributed by atoms with Crippen molar-refractivity contribution in [2.45, 2.75) is 27.2 Å². The fourth-order valence-electron chi connectivity index (χ4n) is 3.21. The van der Waals surface area contributed by atoms with E-state index in [9.17, 15) is 4.79 Å². The number of aliphatic hydroxyl groups excluding tert-OH is 1. The Balaban J connectivity index is 2.00. The predicted molar refractivity (Wildman–Crippen MR) is 103 cm³/mol. The van der Waals surface area contributed by atoms with Crippen molar-refractivity contribution in [3.63, 3.8) is 0 Å². The van der Waals surface area contributed by atoms with Gasteiger partial charge in [0.25, 0.3) is 0 Å². The van der Waals surface area contributed by atoms with Gasteiger partial charge in [-0.2, -0.15) is 0 Å².